The molecule has 21 heavy (non-hydrogen) atoms. The Bertz CT molecular complexity index is 744. The fraction of sp³-hybridized carbons (Fsp3) is 0.278. The average molecular weight is 280 g/mol. The maximum atomic E-state index is 11.8. The van der Waals surface area contributed by atoms with Crippen molar-refractivity contribution in [3.63, 3.8) is 0 Å². The van der Waals surface area contributed by atoms with Crippen LogP contribution in [0.2, 0.25) is 0 Å². The first-order valence-corrected chi connectivity index (χ1v) is 7.33. The molecule has 1 heterocycles. The number of aryl methyl sites for hydroxylation is 1. The lowest BCUT2D eigenvalue weighted by atomic mass is 9.88. The molecule has 0 aromatic heterocycles. The van der Waals surface area contributed by atoms with Crippen LogP contribution < -0.4 is 10.9 Å². The molecule has 0 spiro atoms. The maximum Gasteiger partial charge on any atom is 0.249 e. The third kappa shape index (κ3) is 2.19. The quantitative estimate of drug-likeness (QED) is 0.885. The lowest BCUT2D eigenvalue weighted by Crippen LogP contribution is -2.28. The average Bonchev–Trinajstić information content (AvgIpc) is 2.73. The first-order chi connectivity index (χ1) is 10.0. The molecule has 1 saturated heterocycles. The van der Waals surface area contributed by atoms with E-state index in [0.29, 0.717) is 0 Å². The molecule has 3 rings (SSSR count). The number of hydrazine groups is 1. The molecule has 1 fully saturated rings. The van der Waals surface area contributed by atoms with Gasteiger partial charge in [0, 0.05) is 5.70 Å². The highest BCUT2D eigenvalue weighted by Crippen LogP contribution is 2.31. The van der Waals surface area contributed by atoms with Crippen molar-refractivity contribution in [3.05, 3.63) is 53.2 Å². The Morgan fingerprint density at radius 2 is 1.76 bits per heavy atom. The Morgan fingerprint density at radius 1 is 1.05 bits per heavy atom. The van der Waals surface area contributed by atoms with Gasteiger partial charge in [-0.2, -0.15) is 0 Å². The Kier molecular flexibility index (Phi) is 3.20. The Labute approximate surface area is 125 Å². The first-order valence-electron chi connectivity index (χ1n) is 7.33. The summed E-state index contributed by atoms with van der Waals surface area (Å²) in [4.78, 5) is 11.8. The predicted octanol–water partition coefficient (Wildman–Crippen LogP) is 3.40. The van der Waals surface area contributed by atoms with Crippen LogP contribution in [0, 0.1) is 5.41 Å². The van der Waals surface area contributed by atoms with Crippen LogP contribution in [0.15, 0.2) is 42.1 Å². The van der Waals surface area contributed by atoms with Crippen LogP contribution in [-0.4, -0.2) is 5.91 Å². The molecular formula is C18H20N2O. The van der Waals surface area contributed by atoms with Crippen molar-refractivity contribution in [3.8, 4) is 0 Å². The van der Waals surface area contributed by atoms with Gasteiger partial charge in [0.05, 0.1) is 5.41 Å². The monoisotopic (exact) mass is 280 g/mol. The molecule has 0 bridgehead atoms. The van der Waals surface area contributed by atoms with Crippen molar-refractivity contribution in [2.45, 2.75) is 27.2 Å². The van der Waals surface area contributed by atoms with Gasteiger partial charge in [-0.05, 0) is 48.2 Å². The molecule has 1 aliphatic heterocycles. The largest absolute Gasteiger partial charge is 0.302 e. The molecule has 0 aliphatic carbocycles. The molecule has 0 unspecified atom stereocenters. The standard InChI is InChI=1S/C18H20N2O/c1-4-12-7-5-10-15-13(8-6-9-14(12)15)11-16-18(2,3)17(21)20-19-16/h5-11,19H,4H2,1-3H3,(H,20,21)/b16-11-. The summed E-state index contributed by atoms with van der Waals surface area (Å²) in [5, 5.41) is 2.51. The molecule has 3 heteroatoms. The summed E-state index contributed by atoms with van der Waals surface area (Å²) < 4.78 is 0. The smallest absolute Gasteiger partial charge is 0.249 e. The minimum atomic E-state index is -0.523. The van der Waals surface area contributed by atoms with E-state index in [1.807, 2.05) is 13.8 Å². The number of carbonyl (C=O) groups excluding carboxylic acids is 1. The maximum absolute atomic E-state index is 11.8. The van der Waals surface area contributed by atoms with Crippen molar-refractivity contribution >= 4 is 22.8 Å². The molecule has 108 valence electrons. The Balaban J connectivity index is 2.16. The Hall–Kier alpha value is -2.29. The van der Waals surface area contributed by atoms with Crippen LogP contribution in [0.5, 0.6) is 0 Å². The van der Waals surface area contributed by atoms with Gasteiger partial charge in [0.25, 0.3) is 0 Å². The van der Waals surface area contributed by atoms with Crippen molar-refractivity contribution in [2.24, 2.45) is 5.41 Å². The summed E-state index contributed by atoms with van der Waals surface area (Å²) in [7, 11) is 0. The minimum Gasteiger partial charge on any atom is -0.302 e. The number of carbonyl (C=O) groups is 1. The highest BCUT2D eigenvalue weighted by Gasteiger charge is 2.37. The number of hydrogen-bond acceptors (Lipinski definition) is 2. The predicted molar refractivity (Wildman–Crippen MR) is 86.4 cm³/mol. The second kappa shape index (κ2) is 4.92. The fourth-order valence-electron chi connectivity index (χ4n) is 2.76. The lowest BCUT2D eigenvalue weighted by molar-refractivity contribution is -0.125. The summed E-state index contributed by atoms with van der Waals surface area (Å²) in [5.41, 5.74) is 8.56. The van der Waals surface area contributed by atoms with Crippen molar-refractivity contribution in [2.75, 3.05) is 0 Å². The topological polar surface area (TPSA) is 41.1 Å². The summed E-state index contributed by atoms with van der Waals surface area (Å²) in [6.07, 6.45) is 3.08. The highest BCUT2D eigenvalue weighted by atomic mass is 16.2. The van der Waals surface area contributed by atoms with E-state index >= 15 is 0 Å². The van der Waals surface area contributed by atoms with E-state index in [1.165, 1.54) is 16.3 Å². The zero-order valence-electron chi connectivity index (χ0n) is 12.7. The highest BCUT2D eigenvalue weighted by molar-refractivity contribution is 5.95. The summed E-state index contributed by atoms with van der Waals surface area (Å²) >= 11 is 0. The van der Waals surface area contributed by atoms with Gasteiger partial charge in [0.2, 0.25) is 5.91 Å². The Morgan fingerprint density at radius 3 is 2.43 bits per heavy atom. The van der Waals surface area contributed by atoms with Crippen LogP contribution in [0.1, 0.15) is 31.9 Å². The summed E-state index contributed by atoms with van der Waals surface area (Å²) in [6.45, 7) is 6.03. The molecule has 2 N–H and O–H groups in total. The van der Waals surface area contributed by atoms with E-state index in [-0.39, 0.29) is 5.91 Å². The van der Waals surface area contributed by atoms with E-state index in [9.17, 15) is 4.79 Å². The van der Waals surface area contributed by atoms with Gasteiger partial charge < -0.3 is 5.43 Å². The van der Waals surface area contributed by atoms with E-state index in [1.54, 1.807) is 0 Å². The number of nitrogens with one attached hydrogen (secondary N) is 2. The van der Waals surface area contributed by atoms with E-state index in [0.717, 1.165) is 17.7 Å². The van der Waals surface area contributed by atoms with E-state index in [2.05, 4.69) is 60.2 Å². The van der Waals surface area contributed by atoms with Gasteiger partial charge in [-0.3, -0.25) is 10.2 Å². The van der Waals surface area contributed by atoms with Gasteiger partial charge in [-0.25, -0.2) is 0 Å². The SMILES string of the molecule is CCc1cccc2c(/C=C3\NNC(=O)C3(C)C)cccc12. The number of benzene rings is 2. The van der Waals surface area contributed by atoms with Crippen molar-refractivity contribution in [1.82, 2.24) is 10.9 Å². The zero-order valence-corrected chi connectivity index (χ0v) is 12.7. The van der Waals surface area contributed by atoms with Gasteiger partial charge in [-0.15, -0.1) is 0 Å². The van der Waals surface area contributed by atoms with Gasteiger partial charge >= 0.3 is 0 Å². The van der Waals surface area contributed by atoms with Gasteiger partial charge in [0.1, 0.15) is 0 Å². The minimum absolute atomic E-state index is 0.00299. The fourth-order valence-corrected chi connectivity index (χ4v) is 2.76. The van der Waals surface area contributed by atoms with Crippen LogP contribution >= 0.6 is 0 Å². The number of hydrogen-bond donors (Lipinski definition) is 2. The van der Waals surface area contributed by atoms with Crippen LogP contribution in [-0.2, 0) is 11.2 Å². The van der Waals surface area contributed by atoms with Crippen LogP contribution in [0.3, 0.4) is 0 Å². The molecule has 1 amide bonds. The van der Waals surface area contributed by atoms with Crippen molar-refractivity contribution < 1.29 is 4.79 Å². The number of fused-ring (bicyclic) bond motifs is 1. The zero-order chi connectivity index (χ0) is 15.0. The number of amides is 1. The lowest BCUT2D eigenvalue weighted by Gasteiger charge is -2.15. The molecule has 1 aliphatic rings. The third-order valence-corrected chi connectivity index (χ3v) is 4.28. The first kappa shape index (κ1) is 13.7. The summed E-state index contributed by atoms with van der Waals surface area (Å²) in [6, 6.07) is 12.7. The summed E-state index contributed by atoms with van der Waals surface area (Å²) in [5.74, 6) is 0.00299. The van der Waals surface area contributed by atoms with E-state index in [4.69, 9.17) is 0 Å². The second-order valence-electron chi connectivity index (χ2n) is 5.98. The number of rotatable bonds is 2. The molecule has 0 atom stereocenters. The van der Waals surface area contributed by atoms with Gasteiger partial charge in [-0.1, -0.05) is 43.3 Å². The van der Waals surface area contributed by atoms with Gasteiger partial charge in [0.15, 0.2) is 0 Å². The van der Waals surface area contributed by atoms with Crippen LogP contribution in [0.25, 0.3) is 16.8 Å². The second-order valence-corrected chi connectivity index (χ2v) is 5.98. The van der Waals surface area contributed by atoms with Crippen LogP contribution in [0.4, 0.5) is 0 Å². The molecule has 0 radical (unpaired) electrons. The molecule has 0 saturated carbocycles. The third-order valence-electron chi connectivity index (χ3n) is 4.28. The van der Waals surface area contributed by atoms with E-state index < -0.39 is 5.41 Å². The molecule has 2 aromatic carbocycles. The molecule has 3 nitrogen and oxygen atoms in total. The molecule has 2 aromatic rings. The normalized spacial score (nSPS) is 18.8. The van der Waals surface area contributed by atoms with Crippen molar-refractivity contribution in [1.29, 1.82) is 0 Å². The molecular weight excluding hydrogens is 260 g/mol.